The first kappa shape index (κ1) is 14.3. The van der Waals surface area contributed by atoms with E-state index >= 15 is 0 Å². The fraction of sp³-hybridized carbons (Fsp3) is 0.286. The normalized spacial score (nSPS) is 11.4. The lowest BCUT2D eigenvalue weighted by Crippen LogP contribution is -2.17. The molecule has 0 atom stereocenters. The second-order valence-electron chi connectivity index (χ2n) is 4.21. The Hall–Kier alpha value is -2.11. The molecule has 0 fully saturated rings. The zero-order chi connectivity index (χ0) is 14.6. The van der Waals surface area contributed by atoms with Crippen LogP contribution in [0.5, 0.6) is 5.75 Å². The van der Waals surface area contributed by atoms with E-state index in [4.69, 9.17) is 0 Å². The van der Waals surface area contributed by atoms with Gasteiger partial charge < -0.3 is 14.6 Å². The molecular weight excluding hydrogens is 269 g/mol. The molecule has 6 heteroatoms. The number of benzene rings is 1. The highest BCUT2D eigenvalue weighted by molar-refractivity contribution is 5.46. The van der Waals surface area contributed by atoms with Crippen LogP contribution in [0.2, 0.25) is 0 Å². The molecular formula is C14H15F3N2O. The van der Waals surface area contributed by atoms with Crippen molar-refractivity contribution in [2.75, 3.05) is 5.32 Å². The Kier molecular flexibility index (Phi) is 4.22. The van der Waals surface area contributed by atoms with Crippen LogP contribution in [0.3, 0.4) is 0 Å². The number of aryl methyl sites for hydroxylation is 1. The lowest BCUT2D eigenvalue weighted by Gasteiger charge is -2.11. The predicted molar refractivity (Wildman–Crippen MR) is 70.6 cm³/mol. The monoisotopic (exact) mass is 284 g/mol. The van der Waals surface area contributed by atoms with Crippen LogP contribution in [0, 0.1) is 0 Å². The maximum atomic E-state index is 12.0. The number of nitrogens with one attached hydrogen (secondary N) is 1. The molecule has 1 N–H and O–H groups in total. The van der Waals surface area contributed by atoms with Crippen LogP contribution < -0.4 is 10.1 Å². The van der Waals surface area contributed by atoms with E-state index in [1.807, 2.05) is 25.3 Å². The maximum Gasteiger partial charge on any atom is 0.573 e. The molecule has 1 aromatic carbocycles. The van der Waals surface area contributed by atoms with Gasteiger partial charge in [-0.05, 0) is 43.3 Å². The third-order valence-electron chi connectivity index (χ3n) is 2.83. The van der Waals surface area contributed by atoms with Crippen LogP contribution in [0.1, 0.15) is 12.6 Å². The molecule has 0 aliphatic rings. The SMILES string of the molecule is CCn1cccc1CNc1ccc(OC(F)(F)F)cc1. The molecule has 2 rings (SSSR count). The lowest BCUT2D eigenvalue weighted by atomic mass is 10.3. The van der Waals surface area contributed by atoms with Crippen molar-refractivity contribution in [2.24, 2.45) is 0 Å². The van der Waals surface area contributed by atoms with Gasteiger partial charge in [-0.1, -0.05) is 0 Å². The summed E-state index contributed by atoms with van der Waals surface area (Å²) < 4.78 is 42.0. The fourth-order valence-electron chi connectivity index (χ4n) is 1.89. The Morgan fingerprint density at radius 2 is 1.85 bits per heavy atom. The maximum absolute atomic E-state index is 12.0. The van der Waals surface area contributed by atoms with Crippen molar-refractivity contribution in [3.63, 3.8) is 0 Å². The van der Waals surface area contributed by atoms with Crippen LogP contribution >= 0.6 is 0 Å². The van der Waals surface area contributed by atoms with E-state index in [0.717, 1.165) is 17.9 Å². The Morgan fingerprint density at radius 1 is 1.15 bits per heavy atom. The number of aromatic nitrogens is 1. The third kappa shape index (κ3) is 3.94. The molecule has 0 saturated carbocycles. The van der Waals surface area contributed by atoms with Crippen LogP contribution in [0.15, 0.2) is 42.6 Å². The first-order chi connectivity index (χ1) is 9.48. The largest absolute Gasteiger partial charge is 0.573 e. The highest BCUT2D eigenvalue weighted by Crippen LogP contribution is 2.24. The molecule has 0 amide bonds. The topological polar surface area (TPSA) is 26.2 Å². The highest BCUT2D eigenvalue weighted by Gasteiger charge is 2.30. The Morgan fingerprint density at radius 3 is 2.45 bits per heavy atom. The zero-order valence-corrected chi connectivity index (χ0v) is 10.9. The number of ether oxygens (including phenoxy) is 1. The summed E-state index contributed by atoms with van der Waals surface area (Å²) in [5.41, 5.74) is 1.85. The van der Waals surface area contributed by atoms with E-state index in [0.29, 0.717) is 6.54 Å². The second kappa shape index (κ2) is 5.90. The summed E-state index contributed by atoms with van der Waals surface area (Å²) in [6.45, 7) is 3.54. The molecule has 1 aromatic heterocycles. The molecule has 0 saturated heterocycles. The number of nitrogens with zero attached hydrogens (tertiary/aromatic N) is 1. The third-order valence-corrected chi connectivity index (χ3v) is 2.83. The van der Waals surface area contributed by atoms with Gasteiger partial charge >= 0.3 is 6.36 Å². The van der Waals surface area contributed by atoms with Crippen molar-refractivity contribution in [1.29, 1.82) is 0 Å². The molecule has 1 heterocycles. The van der Waals surface area contributed by atoms with Crippen LogP contribution in [-0.2, 0) is 13.1 Å². The summed E-state index contributed by atoms with van der Waals surface area (Å²) in [5.74, 6) is -0.222. The Balaban J connectivity index is 1.94. The fourth-order valence-corrected chi connectivity index (χ4v) is 1.89. The quantitative estimate of drug-likeness (QED) is 0.897. The van der Waals surface area contributed by atoms with Crippen molar-refractivity contribution >= 4 is 5.69 Å². The van der Waals surface area contributed by atoms with Crippen LogP contribution in [0.25, 0.3) is 0 Å². The number of alkyl halides is 3. The molecule has 0 radical (unpaired) electrons. The molecule has 0 bridgehead atoms. The van der Waals surface area contributed by atoms with Crippen molar-refractivity contribution in [2.45, 2.75) is 26.4 Å². The summed E-state index contributed by atoms with van der Waals surface area (Å²) in [6, 6.07) is 9.64. The smallest absolute Gasteiger partial charge is 0.406 e. The van der Waals surface area contributed by atoms with Gasteiger partial charge in [-0.2, -0.15) is 0 Å². The minimum Gasteiger partial charge on any atom is -0.406 e. The van der Waals surface area contributed by atoms with Crippen LogP contribution in [-0.4, -0.2) is 10.9 Å². The van der Waals surface area contributed by atoms with E-state index in [2.05, 4.69) is 14.6 Å². The van der Waals surface area contributed by atoms with E-state index in [1.54, 1.807) is 12.1 Å². The zero-order valence-electron chi connectivity index (χ0n) is 10.9. The molecule has 108 valence electrons. The van der Waals surface area contributed by atoms with Crippen molar-refractivity contribution in [3.05, 3.63) is 48.3 Å². The standard InChI is InChI=1S/C14H15F3N2O/c1-2-19-9-3-4-12(19)10-18-11-5-7-13(8-6-11)20-14(15,16)17/h3-9,18H,2,10H2,1H3. The first-order valence-corrected chi connectivity index (χ1v) is 6.21. The van der Waals surface area contributed by atoms with Crippen molar-refractivity contribution in [1.82, 2.24) is 4.57 Å². The number of anilines is 1. The summed E-state index contributed by atoms with van der Waals surface area (Å²) in [5, 5.41) is 3.15. The van der Waals surface area contributed by atoms with Gasteiger partial charge in [0.1, 0.15) is 5.75 Å². The average Bonchev–Trinajstić information content (AvgIpc) is 2.83. The van der Waals surface area contributed by atoms with Gasteiger partial charge in [-0.15, -0.1) is 13.2 Å². The van der Waals surface area contributed by atoms with Crippen LogP contribution in [0.4, 0.5) is 18.9 Å². The number of halogens is 3. The van der Waals surface area contributed by atoms with E-state index in [9.17, 15) is 13.2 Å². The Bertz CT molecular complexity index is 546. The van der Waals surface area contributed by atoms with E-state index in [-0.39, 0.29) is 5.75 Å². The predicted octanol–water partition coefficient (Wildman–Crippen LogP) is 4.02. The van der Waals surface area contributed by atoms with Gasteiger partial charge in [0, 0.05) is 24.1 Å². The van der Waals surface area contributed by atoms with Gasteiger partial charge in [0.2, 0.25) is 0 Å². The summed E-state index contributed by atoms with van der Waals surface area (Å²) in [7, 11) is 0. The van der Waals surface area contributed by atoms with E-state index < -0.39 is 6.36 Å². The van der Waals surface area contributed by atoms with Gasteiger partial charge in [0.15, 0.2) is 0 Å². The van der Waals surface area contributed by atoms with Crippen molar-refractivity contribution < 1.29 is 17.9 Å². The van der Waals surface area contributed by atoms with Gasteiger partial charge in [0.25, 0.3) is 0 Å². The van der Waals surface area contributed by atoms with Crippen molar-refractivity contribution in [3.8, 4) is 5.75 Å². The minimum atomic E-state index is -4.66. The summed E-state index contributed by atoms with van der Waals surface area (Å²) >= 11 is 0. The highest BCUT2D eigenvalue weighted by atomic mass is 19.4. The molecule has 2 aromatic rings. The molecule has 0 aliphatic carbocycles. The first-order valence-electron chi connectivity index (χ1n) is 6.21. The lowest BCUT2D eigenvalue weighted by molar-refractivity contribution is -0.274. The van der Waals surface area contributed by atoms with E-state index in [1.165, 1.54) is 12.1 Å². The summed E-state index contributed by atoms with van der Waals surface area (Å²) in [6.07, 6.45) is -2.67. The molecule has 20 heavy (non-hydrogen) atoms. The molecule has 0 spiro atoms. The second-order valence-corrected chi connectivity index (χ2v) is 4.21. The summed E-state index contributed by atoms with van der Waals surface area (Å²) in [4.78, 5) is 0. The number of hydrogen-bond acceptors (Lipinski definition) is 2. The number of rotatable bonds is 5. The molecule has 0 unspecified atom stereocenters. The van der Waals surface area contributed by atoms with Gasteiger partial charge in [-0.25, -0.2) is 0 Å². The van der Waals surface area contributed by atoms with Gasteiger partial charge in [-0.3, -0.25) is 0 Å². The Labute approximate surface area is 115 Å². The molecule has 0 aliphatic heterocycles. The number of hydrogen-bond donors (Lipinski definition) is 1. The minimum absolute atomic E-state index is 0.222. The average molecular weight is 284 g/mol. The van der Waals surface area contributed by atoms with Gasteiger partial charge in [0.05, 0.1) is 6.54 Å². The molecule has 3 nitrogen and oxygen atoms in total.